The molecular formula is C60H111NO13. The van der Waals surface area contributed by atoms with Crippen LogP contribution >= 0.6 is 0 Å². The summed E-state index contributed by atoms with van der Waals surface area (Å²) in [6.45, 7) is 2.77. The minimum Gasteiger partial charge on any atom is -0.394 e. The maximum atomic E-state index is 13.2. The van der Waals surface area contributed by atoms with Crippen molar-refractivity contribution in [2.75, 3.05) is 19.8 Å². The van der Waals surface area contributed by atoms with Crippen LogP contribution in [0.25, 0.3) is 0 Å². The highest BCUT2D eigenvalue weighted by Gasteiger charge is 2.51. The van der Waals surface area contributed by atoms with Crippen LogP contribution in [-0.2, 0) is 23.7 Å². The maximum Gasteiger partial charge on any atom is 0.220 e. The first-order chi connectivity index (χ1) is 36.1. The molecular weight excluding hydrogens is 943 g/mol. The molecule has 0 radical (unpaired) electrons. The van der Waals surface area contributed by atoms with Gasteiger partial charge >= 0.3 is 0 Å². The fourth-order valence-electron chi connectivity index (χ4n) is 9.89. The van der Waals surface area contributed by atoms with Crippen LogP contribution in [0.2, 0.25) is 0 Å². The molecule has 9 N–H and O–H groups in total. The zero-order valence-electron chi connectivity index (χ0n) is 46.6. The maximum absolute atomic E-state index is 13.2. The molecule has 0 bridgehead atoms. The number of unbranched alkanes of at least 4 members (excludes halogenated alkanes) is 31. The van der Waals surface area contributed by atoms with Gasteiger partial charge < -0.3 is 65.1 Å². The Labute approximate surface area is 449 Å². The fourth-order valence-corrected chi connectivity index (χ4v) is 9.89. The van der Waals surface area contributed by atoms with Crippen LogP contribution in [-0.4, -0.2) is 140 Å². The Morgan fingerprint density at radius 3 is 1.34 bits per heavy atom. The Hall–Kier alpha value is -1.79. The number of carbonyl (C=O) groups is 1. The van der Waals surface area contributed by atoms with Gasteiger partial charge in [0.15, 0.2) is 12.6 Å². The van der Waals surface area contributed by atoms with Crippen LogP contribution in [0.5, 0.6) is 0 Å². The molecule has 2 aliphatic heterocycles. The summed E-state index contributed by atoms with van der Waals surface area (Å²) in [6, 6.07) is -0.935. The molecule has 1 amide bonds. The molecule has 2 fully saturated rings. The molecule has 2 saturated heterocycles. The molecule has 12 unspecified atom stereocenters. The number of hydrogen-bond acceptors (Lipinski definition) is 13. The van der Waals surface area contributed by atoms with Gasteiger partial charge in [0.2, 0.25) is 5.91 Å². The zero-order chi connectivity index (χ0) is 53.9. The Kier molecular flexibility index (Phi) is 42.6. The molecule has 14 heteroatoms. The third-order valence-electron chi connectivity index (χ3n) is 14.8. The largest absolute Gasteiger partial charge is 0.394 e. The highest BCUT2D eigenvalue weighted by Crippen LogP contribution is 2.30. The lowest BCUT2D eigenvalue weighted by atomic mass is 9.97. The molecule has 12 atom stereocenters. The van der Waals surface area contributed by atoms with Crippen molar-refractivity contribution in [3.8, 4) is 0 Å². The van der Waals surface area contributed by atoms with Crippen LogP contribution < -0.4 is 5.32 Å². The number of rotatable bonds is 48. The second-order valence-corrected chi connectivity index (χ2v) is 21.5. The SMILES string of the molecule is CCCCCC/C=C\CCCCCCCC(=O)NC(COC1OC(CO)C(OC2OC(CO)C(O)C(O)C2O)C(O)C1O)C(O)/C=C/CC/C=C/CCCCCCCCCCCCCCCCCCCCCCC. The highest BCUT2D eigenvalue weighted by atomic mass is 16.7. The average molecular weight is 1050 g/mol. The Morgan fingerprint density at radius 1 is 0.473 bits per heavy atom. The normalized spacial score (nSPS) is 25.4. The molecule has 0 aromatic rings. The first kappa shape index (κ1) is 68.3. The summed E-state index contributed by atoms with van der Waals surface area (Å²) in [5.41, 5.74) is 0. The van der Waals surface area contributed by atoms with Crippen molar-refractivity contribution in [1.29, 1.82) is 0 Å². The van der Waals surface area contributed by atoms with E-state index in [0.29, 0.717) is 12.8 Å². The summed E-state index contributed by atoms with van der Waals surface area (Å²) in [7, 11) is 0. The summed E-state index contributed by atoms with van der Waals surface area (Å²) in [5.74, 6) is -0.258. The van der Waals surface area contributed by atoms with E-state index in [0.717, 1.165) is 51.4 Å². The summed E-state index contributed by atoms with van der Waals surface area (Å²) in [6.07, 6.45) is 39.2. The van der Waals surface area contributed by atoms with Crippen molar-refractivity contribution in [3.05, 3.63) is 36.5 Å². The van der Waals surface area contributed by atoms with Crippen molar-refractivity contribution >= 4 is 5.91 Å². The minimum atomic E-state index is -1.79. The van der Waals surface area contributed by atoms with Crippen molar-refractivity contribution in [3.63, 3.8) is 0 Å². The number of nitrogens with one attached hydrogen (secondary N) is 1. The van der Waals surface area contributed by atoms with E-state index in [1.807, 2.05) is 6.08 Å². The van der Waals surface area contributed by atoms with E-state index in [1.165, 1.54) is 161 Å². The highest BCUT2D eigenvalue weighted by molar-refractivity contribution is 5.76. The number of ether oxygens (including phenoxy) is 4. The monoisotopic (exact) mass is 1050 g/mol. The van der Waals surface area contributed by atoms with Crippen LogP contribution in [0.15, 0.2) is 36.5 Å². The predicted octanol–water partition coefficient (Wildman–Crippen LogP) is 10.2. The molecule has 14 nitrogen and oxygen atoms in total. The van der Waals surface area contributed by atoms with Crippen molar-refractivity contribution < 1.29 is 64.6 Å². The lowest BCUT2D eigenvalue weighted by molar-refractivity contribution is -0.359. The van der Waals surface area contributed by atoms with Gasteiger partial charge in [-0.3, -0.25) is 4.79 Å². The molecule has 0 aliphatic carbocycles. The van der Waals surface area contributed by atoms with Gasteiger partial charge in [-0.15, -0.1) is 0 Å². The number of amides is 1. The Bertz CT molecular complexity index is 1380. The number of aliphatic hydroxyl groups excluding tert-OH is 8. The fraction of sp³-hybridized carbons (Fsp3) is 0.883. The third-order valence-corrected chi connectivity index (χ3v) is 14.8. The standard InChI is InChI=1S/C60H111NO13/c1-3-5-7-9-11-13-15-17-18-19-20-21-22-23-24-25-26-27-28-29-30-32-33-35-37-39-41-43-49(64)48(61-52(65)44-42-40-38-36-34-31-16-14-12-10-8-6-4-2)47-71-59-57(70)55(68)58(51(46-63)73-59)74-60-56(69)54(67)53(66)50(45-62)72-60/h14,16,33,35,41,43,48-51,53-60,62-64,66-70H,3-13,15,17-32,34,36-40,42,44-47H2,1-2H3,(H,61,65)/b16-14-,35-33+,43-41+. The zero-order valence-corrected chi connectivity index (χ0v) is 46.6. The molecule has 0 spiro atoms. The lowest BCUT2D eigenvalue weighted by Crippen LogP contribution is -2.65. The van der Waals surface area contributed by atoms with E-state index in [1.54, 1.807) is 6.08 Å². The molecule has 0 saturated carbocycles. The van der Waals surface area contributed by atoms with E-state index in [2.05, 4.69) is 43.5 Å². The van der Waals surface area contributed by atoms with Crippen LogP contribution in [0.3, 0.4) is 0 Å². The van der Waals surface area contributed by atoms with Gasteiger partial charge in [-0.05, 0) is 57.8 Å². The molecule has 0 aromatic carbocycles. The number of hydrogen-bond donors (Lipinski definition) is 9. The predicted molar refractivity (Wildman–Crippen MR) is 295 cm³/mol. The average Bonchev–Trinajstić information content (AvgIpc) is 3.40. The van der Waals surface area contributed by atoms with Crippen molar-refractivity contribution in [2.24, 2.45) is 0 Å². The lowest BCUT2D eigenvalue weighted by Gasteiger charge is -2.46. The van der Waals surface area contributed by atoms with Gasteiger partial charge in [-0.2, -0.15) is 0 Å². The van der Waals surface area contributed by atoms with Gasteiger partial charge in [0.05, 0.1) is 32.0 Å². The smallest absolute Gasteiger partial charge is 0.220 e. The topological polar surface area (TPSA) is 228 Å². The van der Waals surface area contributed by atoms with Crippen molar-refractivity contribution in [2.45, 2.75) is 319 Å². The number of allylic oxidation sites excluding steroid dienone is 5. The van der Waals surface area contributed by atoms with E-state index < -0.39 is 86.8 Å². The second kappa shape index (κ2) is 46.2. The molecule has 2 aliphatic rings. The molecule has 2 heterocycles. The van der Waals surface area contributed by atoms with E-state index in [4.69, 9.17) is 18.9 Å². The van der Waals surface area contributed by atoms with Crippen LogP contribution in [0, 0.1) is 0 Å². The number of carbonyl (C=O) groups excluding carboxylic acids is 1. The van der Waals surface area contributed by atoms with E-state index in [-0.39, 0.29) is 18.9 Å². The van der Waals surface area contributed by atoms with E-state index >= 15 is 0 Å². The summed E-state index contributed by atoms with van der Waals surface area (Å²) in [5, 5.41) is 87.0. The summed E-state index contributed by atoms with van der Waals surface area (Å²) < 4.78 is 22.7. The van der Waals surface area contributed by atoms with Gasteiger partial charge in [-0.1, -0.05) is 217 Å². The molecule has 2 rings (SSSR count). The van der Waals surface area contributed by atoms with Gasteiger partial charge in [0.1, 0.15) is 48.8 Å². The van der Waals surface area contributed by atoms with Gasteiger partial charge in [0, 0.05) is 6.42 Å². The van der Waals surface area contributed by atoms with Crippen LogP contribution in [0.1, 0.15) is 245 Å². The van der Waals surface area contributed by atoms with Gasteiger partial charge in [0.25, 0.3) is 0 Å². The first-order valence-corrected chi connectivity index (χ1v) is 30.2. The van der Waals surface area contributed by atoms with E-state index in [9.17, 15) is 45.6 Å². The molecule has 0 aromatic heterocycles. The summed E-state index contributed by atoms with van der Waals surface area (Å²) >= 11 is 0. The van der Waals surface area contributed by atoms with Gasteiger partial charge in [-0.25, -0.2) is 0 Å². The quantitative estimate of drug-likeness (QED) is 0.0204. The summed E-state index contributed by atoms with van der Waals surface area (Å²) in [4.78, 5) is 13.2. The number of aliphatic hydroxyl groups is 8. The Morgan fingerprint density at radius 2 is 0.865 bits per heavy atom. The second-order valence-electron chi connectivity index (χ2n) is 21.5. The molecule has 74 heavy (non-hydrogen) atoms. The Balaban J connectivity index is 1.74. The minimum absolute atomic E-state index is 0.258. The van der Waals surface area contributed by atoms with Crippen LogP contribution in [0.4, 0.5) is 0 Å². The molecule has 434 valence electrons. The third kappa shape index (κ3) is 31.6. The first-order valence-electron chi connectivity index (χ1n) is 30.2. The van der Waals surface area contributed by atoms with Crippen molar-refractivity contribution in [1.82, 2.24) is 5.32 Å².